The predicted octanol–water partition coefficient (Wildman–Crippen LogP) is 4.15. The standard InChI is InChI=1S/C20H28N4O2.ClH/c1-3-12-24(13-4-2)18(25)16-9-7-8-15(14-16)17-22-19(23-26-17)20(21)10-5-6-11-20;/h7-9,14H,3-6,10-13,21H2,1-2H3;1H. The van der Waals surface area contributed by atoms with Crippen molar-refractivity contribution in [3.05, 3.63) is 35.7 Å². The molecule has 0 atom stereocenters. The number of aromatic nitrogens is 2. The van der Waals surface area contributed by atoms with E-state index in [0.717, 1.165) is 57.2 Å². The first-order chi connectivity index (χ1) is 12.6. The Morgan fingerprint density at radius 1 is 1.22 bits per heavy atom. The van der Waals surface area contributed by atoms with Gasteiger partial charge in [-0.15, -0.1) is 12.4 Å². The molecule has 1 fully saturated rings. The van der Waals surface area contributed by atoms with Crippen LogP contribution in [0.4, 0.5) is 0 Å². The Bertz CT molecular complexity index is 750. The first-order valence-corrected chi connectivity index (χ1v) is 9.60. The van der Waals surface area contributed by atoms with Crippen molar-refractivity contribution < 1.29 is 9.32 Å². The van der Waals surface area contributed by atoms with Gasteiger partial charge in [0.05, 0.1) is 5.54 Å². The first kappa shape index (κ1) is 21.4. The van der Waals surface area contributed by atoms with E-state index in [2.05, 4.69) is 24.0 Å². The summed E-state index contributed by atoms with van der Waals surface area (Å²) in [5, 5.41) is 4.11. The van der Waals surface area contributed by atoms with Crippen molar-refractivity contribution in [2.24, 2.45) is 5.73 Å². The van der Waals surface area contributed by atoms with Crippen molar-refractivity contribution in [3.8, 4) is 11.5 Å². The Labute approximate surface area is 166 Å². The molecule has 1 saturated carbocycles. The number of hydrogen-bond acceptors (Lipinski definition) is 5. The number of carbonyl (C=O) groups is 1. The van der Waals surface area contributed by atoms with Gasteiger partial charge in [0, 0.05) is 24.2 Å². The van der Waals surface area contributed by atoms with Crippen molar-refractivity contribution in [3.63, 3.8) is 0 Å². The number of hydrogen-bond donors (Lipinski definition) is 1. The van der Waals surface area contributed by atoms with Gasteiger partial charge in [-0.2, -0.15) is 4.98 Å². The zero-order valence-corrected chi connectivity index (χ0v) is 16.9. The number of nitrogens with zero attached hydrogens (tertiary/aromatic N) is 3. The van der Waals surface area contributed by atoms with Gasteiger partial charge < -0.3 is 15.2 Å². The van der Waals surface area contributed by atoms with Crippen LogP contribution in [0.3, 0.4) is 0 Å². The summed E-state index contributed by atoms with van der Waals surface area (Å²) in [7, 11) is 0. The minimum atomic E-state index is -0.478. The third-order valence-electron chi connectivity index (χ3n) is 5.00. The molecule has 1 aromatic heterocycles. The highest BCUT2D eigenvalue weighted by Gasteiger charge is 2.36. The van der Waals surface area contributed by atoms with Gasteiger partial charge in [0.15, 0.2) is 5.82 Å². The molecule has 1 amide bonds. The van der Waals surface area contributed by atoms with Gasteiger partial charge in [-0.25, -0.2) is 0 Å². The van der Waals surface area contributed by atoms with Gasteiger partial charge in [0.2, 0.25) is 0 Å². The molecule has 3 rings (SSSR count). The molecule has 2 N–H and O–H groups in total. The van der Waals surface area contributed by atoms with E-state index in [0.29, 0.717) is 17.3 Å². The van der Waals surface area contributed by atoms with Crippen molar-refractivity contribution in [2.75, 3.05) is 13.1 Å². The summed E-state index contributed by atoms with van der Waals surface area (Å²) in [6.45, 7) is 5.69. The van der Waals surface area contributed by atoms with Crippen LogP contribution in [0, 0.1) is 0 Å². The molecule has 6 nitrogen and oxygen atoms in total. The molecule has 1 aromatic carbocycles. The molecule has 0 spiro atoms. The molecule has 0 aliphatic heterocycles. The maximum atomic E-state index is 12.8. The zero-order chi connectivity index (χ0) is 18.6. The maximum Gasteiger partial charge on any atom is 0.258 e. The lowest BCUT2D eigenvalue weighted by atomic mass is 9.98. The fourth-order valence-electron chi connectivity index (χ4n) is 3.60. The quantitative estimate of drug-likeness (QED) is 0.764. The Morgan fingerprint density at radius 2 is 1.89 bits per heavy atom. The van der Waals surface area contributed by atoms with Crippen LogP contribution in [0.25, 0.3) is 11.5 Å². The van der Waals surface area contributed by atoms with E-state index in [1.165, 1.54) is 0 Å². The van der Waals surface area contributed by atoms with E-state index in [1.54, 1.807) is 0 Å². The average molecular weight is 393 g/mol. The second-order valence-corrected chi connectivity index (χ2v) is 7.16. The fourth-order valence-corrected chi connectivity index (χ4v) is 3.60. The van der Waals surface area contributed by atoms with Crippen molar-refractivity contribution >= 4 is 18.3 Å². The van der Waals surface area contributed by atoms with Gasteiger partial charge in [0.1, 0.15) is 0 Å². The second-order valence-electron chi connectivity index (χ2n) is 7.16. The van der Waals surface area contributed by atoms with Crippen LogP contribution in [0.5, 0.6) is 0 Å². The van der Waals surface area contributed by atoms with Crippen molar-refractivity contribution in [2.45, 2.75) is 57.9 Å². The van der Waals surface area contributed by atoms with Gasteiger partial charge in [0.25, 0.3) is 11.8 Å². The third kappa shape index (κ3) is 4.68. The SMILES string of the molecule is CCCN(CCC)C(=O)c1cccc(-c2nc(C3(N)CCCC3)no2)c1.Cl. The van der Waals surface area contributed by atoms with E-state index in [-0.39, 0.29) is 18.3 Å². The fraction of sp³-hybridized carbons (Fsp3) is 0.550. The molecular weight excluding hydrogens is 364 g/mol. The topological polar surface area (TPSA) is 85.2 Å². The van der Waals surface area contributed by atoms with Crippen LogP contribution >= 0.6 is 12.4 Å². The minimum absolute atomic E-state index is 0. The third-order valence-corrected chi connectivity index (χ3v) is 5.00. The second kappa shape index (κ2) is 9.33. The molecule has 0 bridgehead atoms. The van der Waals surface area contributed by atoms with Gasteiger partial charge in [-0.3, -0.25) is 4.79 Å². The van der Waals surface area contributed by atoms with Crippen LogP contribution in [0.15, 0.2) is 28.8 Å². The lowest BCUT2D eigenvalue weighted by Gasteiger charge is -2.21. The minimum Gasteiger partial charge on any atom is -0.339 e. The summed E-state index contributed by atoms with van der Waals surface area (Å²) in [5.74, 6) is 1.03. The van der Waals surface area contributed by atoms with Gasteiger partial charge in [-0.05, 0) is 43.9 Å². The van der Waals surface area contributed by atoms with Crippen LogP contribution in [-0.4, -0.2) is 34.0 Å². The van der Waals surface area contributed by atoms with E-state index in [9.17, 15) is 4.79 Å². The van der Waals surface area contributed by atoms with Crippen molar-refractivity contribution in [1.29, 1.82) is 0 Å². The molecule has 27 heavy (non-hydrogen) atoms. The normalized spacial score (nSPS) is 15.4. The van der Waals surface area contributed by atoms with Crippen LogP contribution in [0.2, 0.25) is 0 Å². The van der Waals surface area contributed by atoms with E-state index >= 15 is 0 Å². The Balaban J connectivity index is 0.00000261. The number of carbonyl (C=O) groups excluding carboxylic acids is 1. The number of benzene rings is 1. The molecule has 1 heterocycles. The molecule has 1 aliphatic rings. The Hall–Kier alpha value is -1.92. The summed E-state index contributed by atoms with van der Waals surface area (Å²) in [4.78, 5) is 19.2. The maximum absolute atomic E-state index is 12.8. The van der Waals surface area contributed by atoms with Crippen molar-refractivity contribution in [1.82, 2.24) is 15.0 Å². The van der Waals surface area contributed by atoms with Crippen LogP contribution in [0.1, 0.15) is 68.6 Å². The largest absolute Gasteiger partial charge is 0.339 e. The molecule has 0 saturated heterocycles. The lowest BCUT2D eigenvalue weighted by Crippen LogP contribution is -2.34. The Kier molecular flexibility index (Phi) is 7.39. The number of halogens is 1. The first-order valence-electron chi connectivity index (χ1n) is 9.60. The highest BCUT2D eigenvalue weighted by molar-refractivity contribution is 5.95. The van der Waals surface area contributed by atoms with Gasteiger partial charge in [-0.1, -0.05) is 37.9 Å². The lowest BCUT2D eigenvalue weighted by molar-refractivity contribution is 0.0755. The van der Waals surface area contributed by atoms with Crippen LogP contribution in [-0.2, 0) is 5.54 Å². The van der Waals surface area contributed by atoms with E-state index in [4.69, 9.17) is 10.3 Å². The molecule has 1 aliphatic carbocycles. The molecule has 0 radical (unpaired) electrons. The molecule has 7 heteroatoms. The molecular formula is C20H29ClN4O2. The number of amides is 1. The molecule has 0 unspecified atom stereocenters. The Morgan fingerprint density at radius 3 is 2.52 bits per heavy atom. The number of rotatable bonds is 7. The monoisotopic (exact) mass is 392 g/mol. The summed E-state index contributed by atoms with van der Waals surface area (Å²) >= 11 is 0. The summed E-state index contributed by atoms with van der Waals surface area (Å²) in [6.07, 6.45) is 5.83. The predicted molar refractivity (Wildman–Crippen MR) is 108 cm³/mol. The molecule has 148 valence electrons. The smallest absolute Gasteiger partial charge is 0.258 e. The van der Waals surface area contributed by atoms with E-state index in [1.807, 2.05) is 29.2 Å². The van der Waals surface area contributed by atoms with Crippen LogP contribution < -0.4 is 5.73 Å². The highest BCUT2D eigenvalue weighted by atomic mass is 35.5. The van der Waals surface area contributed by atoms with E-state index < -0.39 is 5.54 Å². The van der Waals surface area contributed by atoms with Gasteiger partial charge >= 0.3 is 0 Å². The number of nitrogens with two attached hydrogens (primary N) is 1. The molecule has 2 aromatic rings. The summed E-state index contributed by atoms with van der Waals surface area (Å²) in [6, 6.07) is 7.41. The summed E-state index contributed by atoms with van der Waals surface area (Å²) in [5.41, 5.74) is 7.33. The average Bonchev–Trinajstić information content (AvgIpc) is 3.31. The zero-order valence-electron chi connectivity index (χ0n) is 16.1. The highest BCUT2D eigenvalue weighted by Crippen LogP contribution is 2.35. The summed E-state index contributed by atoms with van der Waals surface area (Å²) < 4.78 is 5.45.